The zero-order valence-electron chi connectivity index (χ0n) is 9.98. The van der Waals surface area contributed by atoms with E-state index in [2.05, 4.69) is 23.9 Å². The lowest BCUT2D eigenvalue weighted by Crippen LogP contribution is -2.44. The minimum atomic E-state index is 0.130. The van der Waals surface area contributed by atoms with Gasteiger partial charge in [-0.05, 0) is 32.2 Å². The van der Waals surface area contributed by atoms with Crippen LogP contribution in [0.2, 0.25) is 0 Å². The van der Waals surface area contributed by atoms with Crippen molar-refractivity contribution in [1.29, 1.82) is 0 Å². The summed E-state index contributed by atoms with van der Waals surface area (Å²) in [5, 5.41) is 11.6. The summed E-state index contributed by atoms with van der Waals surface area (Å²) in [6, 6.07) is 0.614. The van der Waals surface area contributed by atoms with E-state index in [1.165, 1.54) is 12.8 Å². The fourth-order valence-corrected chi connectivity index (χ4v) is 2.27. The Morgan fingerprint density at radius 2 is 2.27 bits per heavy atom. The molecule has 1 rings (SSSR count). The molecule has 3 unspecified atom stereocenters. The monoisotopic (exact) mass is 213 g/mol. The van der Waals surface area contributed by atoms with E-state index >= 15 is 0 Å². The molecule has 0 aromatic rings. The van der Waals surface area contributed by atoms with Gasteiger partial charge in [0.1, 0.15) is 5.84 Å². The van der Waals surface area contributed by atoms with Crippen molar-refractivity contribution in [2.75, 3.05) is 13.1 Å². The second kappa shape index (κ2) is 5.35. The predicted molar refractivity (Wildman–Crippen MR) is 62.0 cm³/mol. The summed E-state index contributed by atoms with van der Waals surface area (Å²) in [4.78, 5) is 2.43. The van der Waals surface area contributed by atoms with Crippen LogP contribution in [-0.2, 0) is 0 Å². The van der Waals surface area contributed by atoms with Gasteiger partial charge in [0.15, 0.2) is 0 Å². The number of hydrogen-bond donors (Lipinski definition) is 2. The third kappa shape index (κ3) is 3.38. The summed E-state index contributed by atoms with van der Waals surface area (Å²) in [6.07, 6.45) is 2.51. The molecule has 0 radical (unpaired) electrons. The number of nitrogens with zero attached hydrogens (tertiary/aromatic N) is 2. The highest BCUT2D eigenvalue weighted by Gasteiger charge is 2.24. The van der Waals surface area contributed by atoms with E-state index < -0.39 is 0 Å². The zero-order valence-corrected chi connectivity index (χ0v) is 9.98. The van der Waals surface area contributed by atoms with Gasteiger partial charge in [-0.2, -0.15) is 0 Å². The van der Waals surface area contributed by atoms with Crippen LogP contribution in [0, 0.1) is 11.8 Å². The van der Waals surface area contributed by atoms with Crippen molar-refractivity contribution < 1.29 is 5.21 Å². The van der Waals surface area contributed by atoms with Crippen LogP contribution in [0.5, 0.6) is 0 Å². The Labute approximate surface area is 92.1 Å². The molecule has 4 heteroatoms. The summed E-state index contributed by atoms with van der Waals surface area (Å²) in [5.41, 5.74) is 5.58. The molecule has 1 heterocycles. The first-order valence-electron chi connectivity index (χ1n) is 5.76. The maximum absolute atomic E-state index is 8.59. The normalized spacial score (nSPS) is 31.5. The largest absolute Gasteiger partial charge is 0.409 e. The molecule has 0 aromatic carbocycles. The Kier molecular flexibility index (Phi) is 4.39. The highest BCUT2D eigenvalue weighted by atomic mass is 16.4. The third-order valence-electron chi connectivity index (χ3n) is 3.40. The van der Waals surface area contributed by atoms with Crippen molar-refractivity contribution >= 4 is 5.84 Å². The zero-order chi connectivity index (χ0) is 11.4. The van der Waals surface area contributed by atoms with Gasteiger partial charge in [0.05, 0.1) is 0 Å². The van der Waals surface area contributed by atoms with E-state index in [1.807, 2.05) is 6.92 Å². The van der Waals surface area contributed by atoms with Gasteiger partial charge in [0.2, 0.25) is 0 Å². The van der Waals surface area contributed by atoms with Crippen molar-refractivity contribution in [3.05, 3.63) is 0 Å². The van der Waals surface area contributed by atoms with Gasteiger partial charge in [-0.1, -0.05) is 19.0 Å². The van der Waals surface area contributed by atoms with Crippen LogP contribution in [0.1, 0.15) is 33.6 Å². The molecule has 4 nitrogen and oxygen atoms in total. The number of oxime groups is 1. The van der Waals surface area contributed by atoms with E-state index in [1.54, 1.807) is 0 Å². The molecular formula is C11H23N3O. The standard InChI is InChI=1S/C11H23N3O/c1-8-4-5-14(10(3)6-8)7-9(2)11(12)13-15/h8-10,15H,4-7H2,1-3H3,(H2,12,13). The minimum absolute atomic E-state index is 0.130. The lowest BCUT2D eigenvalue weighted by molar-refractivity contribution is 0.121. The Morgan fingerprint density at radius 1 is 1.60 bits per heavy atom. The molecule has 1 fully saturated rings. The van der Waals surface area contributed by atoms with Gasteiger partial charge in [0.25, 0.3) is 0 Å². The van der Waals surface area contributed by atoms with Crippen LogP contribution in [0.25, 0.3) is 0 Å². The molecule has 0 spiro atoms. The first-order chi connectivity index (χ1) is 7.04. The van der Waals surface area contributed by atoms with Gasteiger partial charge in [0, 0.05) is 18.5 Å². The van der Waals surface area contributed by atoms with Crippen LogP contribution in [0.4, 0.5) is 0 Å². The Bertz CT molecular complexity index is 230. The van der Waals surface area contributed by atoms with Crippen molar-refractivity contribution in [1.82, 2.24) is 4.90 Å². The Balaban J connectivity index is 2.44. The molecule has 0 aliphatic carbocycles. The summed E-state index contributed by atoms with van der Waals surface area (Å²) in [7, 11) is 0. The van der Waals surface area contributed by atoms with Crippen LogP contribution >= 0.6 is 0 Å². The maximum atomic E-state index is 8.59. The molecule has 0 bridgehead atoms. The molecule has 3 N–H and O–H groups in total. The van der Waals surface area contributed by atoms with Crippen molar-refractivity contribution in [2.24, 2.45) is 22.7 Å². The first-order valence-corrected chi connectivity index (χ1v) is 5.76. The number of likely N-dealkylation sites (tertiary alicyclic amines) is 1. The Morgan fingerprint density at radius 3 is 2.80 bits per heavy atom. The molecule has 0 saturated carbocycles. The molecule has 88 valence electrons. The smallest absolute Gasteiger partial charge is 0.143 e. The van der Waals surface area contributed by atoms with Crippen molar-refractivity contribution in [2.45, 2.75) is 39.7 Å². The molecule has 1 saturated heterocycles. The highest BCUT2D eigenvalue weighted by molar-refractivity contribution is 5.82. The molecule has 0 aromatic heterocycles. The third-order valence-corrected chi connectivity index (χ3v) is 3.40. The Hall–Kier alpha value is -0.770. The van der Waals surface area contributed by atoms with Crippen LogP contribution in [-0.4, -0.2) is 35.1 Å². The second-order valence-corrected chi connectivity index (χ2v) is 4.90. The van der Waals surface area contributed by atoms with Crippen molar-refractivity contribution in [3.8, 4) is 0 Å². The van der Waals surface area contributed by atoms with Crippen LogP contribution in [0.15, 0.2) is 5.16 Å². The van der Waals surface area contributed by atoms with Gasteiger partial charge >= 0.3 is 0 Å². The summed E-state index contributed by atoms with van der Waals surface area (Å²) < 4.78 is 0. The molecular weight excluding hydrogens is 190 g/mol. The lowest BCUT2D eigenvalue weighted by atomic mass is 9.92. The molecule has 1 aliphatic rings. The number of piperidine rings is 1. The maximum Gasteiger partial charge on any atom is 0.143 e. The van der Waals surface area contributed by atoms with Crippen molar-refractivity contribution in [3.63, 3.8) is 0 Å². The average molecular weight is 213 g/mol. The van der Waals surface area contributed by atoms with E-state index in [4.69, 9.17) is 10.9 Å². The first kappa shape index (κ1) is 12.3. The van der Waals surface area contributed by atoms with E-state index in [0.717, 1.165) is 19.0 Å². The lowest BCUT2D eigenvalue weighted by Gasteiger charge is -2.37. The minimum Gasteiger partial charge on any atom is -0.409 e. The van der Waals surface area contributed by atoms with Crippen LogP contribution < -0.4 is 5.73 Å². The van der Waals surface area contributed by atoms with Gasteiger partial charge < -0.3 is 10.9 Å². The van der Waals surface area contributed by atoms with Crippen LogP contribution in [0.3, 0.4) is 0 Å². The fraction of sp³-hybridized carbons (Fsp3) is 0.909. The predicted octanol–water partition coefficient (Wildman–Crippen LogP) is 1.49. The molecule has 3 atom stereocenters. The van der Waals surface area contributed by atoms with Gasteiger partial charge in [-0.25, -0.2) is 0 Å². The molecule has 0 amide bonds. The number of amidine groups is 1. The topological polar surface area (TPSA) is 61.8 Å². The summed E-state index contributed by atoms with van der Waals surface area (Å²) >= 11 is 0. The number of nitrogens with two attached hydrogens (primary N) is 1. The van der Waals surface area contributed by atoms with Gasteiger partial charge in [-0.15, -0.1) is 0 Å². The summed E-state index contributed by atoms with van der Waals surface area (Å²) in [6.45, 7) is 8.59. The number of rotatable bonds is 3. The average Bonchev–Trinajstić information content (AvgIpc) is 2.20. The second-order valence-electron chi connectivity index (χ2n) is 4.90. The van der Waals surface area contributed by atoms with E-state index in [9.17, 15) is 0 Å². The van der Waals surface area contributed by atoms with E-state index in [-0.39, 0.29) is 5.92 Å². The molecule has 1 aliphatic heterocycles. The highest BCUT2D eigenvalue weighted by Crippen LogP contribution is 2.22. The number of hydrogen-bond acceptors (Lipinski definition) is 3. The molecule has 15 heavy (non-hydrogen) atoms. The van der Waals surface area contributed by atoms with Gasteiger partial charge in [-0.3, -0.25) is 4.90 Å². The SMILES string of the molecule is CC1CCN(CC(C)C(N)=NO)C(C)C1. The fourth-order valence-electron chi connectivity index (χ4n) is 2.27. The summed E-state index contributed by atoms with van der Waals surface area (Å²) in [5.74, 6) is 1.29. The quantitative estimate of drug-likeness (QED) is 0.323. The van der Waals surface area contributed by atoms with E-state index in [0.29, 0.717) is 11.9 Å².